The lowest BCUT2D eigenvalue weighted by molar-refractivity contribution is 0.101. The summed E-state index contributed by atoms with van der Waals surface area (Å²) in [5.41, 5.74) is 3.66. The molecular formula is C24H23BrN2O2. The summed E-state index contributed by atoms with van der Waals surface area (Å²) >= 11 is 3.46. The third-order valence-corrected chi connectivity index (χ3v) is 5.18. The van der Waals surface area contributed by atoms with Gasteiger partial charge >= 0.3 is 0 Å². The number of nitrogens with one attached hydrogen (secondary N) is 2. The Bertz CT molecular complexity index is 1020. The van der Waals surface area contributed by atoms with E-state index in [1.54, 1.807) is 30.3 Å². The average molecular weight is 451 g/mol. The number of rotatable bonds is 4. The van der Waals surface area contributed by atoms with Crippen molar-refractivity contribution in [1.29, 1.82) is 0 Å². The molecule has 0 bridgehead atoms. The molecule has 4 nitrogen and oxygen atoms in total. The summed E-state index contributed by atoms with van der Waals surface area (Å²) < 4.78 is 0.683. The van der Waals surface area contributed by atoms with E-state index in [9.17, 15) is 9.59 Å². The molecule has 0 aliphatic rings. The first kappa shape index (κ1) is 20.8. The van der Waals surface area contributed by atoms with Crippen LogP contribution in [0.4, 0.5) is 11.4 Å². The van der Waals surface area contributed by atoms with E-state index in [0.717, 1.165) is 0 Å². The normalized spacial score (nSPS) is 11.0. The zero-order chi connectivity index (χ0) is 21.0. The van der Waals surface area contributed by atoms with Crippen LogP contribution in [0.2, 0.25) is 0 Å². The van der Waals surface area contributed by atoms with E-state index in [4.69, 9.17) is 0 Å². The van der Waals surface area contributed by atoms with Crippen molar-refractivity contribution in [2.75, 3.05) is 10.6 Å². The largest absolute Gasteiger partial charge is 0.322 e. The molecule has 0 aromatic heterocycles. The summed E-state index contributed by atoms with van der Waals surface area (Å²) in [5.74, 6) is -0.375. The standard InChI is InChI=1S/C24H23BrN2O2/c1-24(2,3)18-11-9-17(10-12-18)22(28)26-19-13-14-21(20(25)15-19)27-23(29)16-7-5-4-6-8-16/h4-15H,1-3H3,(H,26,28)(H,27,29). The van der Waals surface area contributed by atoms with Crippen molar-refractivity contribution >= 4 is 39.1 Å². The maximum absolute atomic E-state index is 12.5. The van der Waals surface area contributed by atoms with Gasteiger partial charge in [0.15, 0.2) is 0 Å². The van der Waals surface area contributed by atoms with Crippen LogP contribution in [0.15, 0.2) is 77.3 Å². The molecule has 3 aromatic rings. The van der Waals surface area contributed by atoms with Crippen molar-refractivity contribution < 1.29 is 9.59 Å². The highest BCUT2D eigenvalue weighted by Gasteiger charge is 2.15. The summed E-state index contributed by atoms with van der Waals surface area (Å²) in [6.07, 6.45) is 0. The zero-order valence-corrected chi connectivity index (χ0v) is 18.2. The fourth-order valence-electron chi connectivity index (χ4n) is 2.80. The van der Waals surface area contributed by atoms with Crippen molar-refractivity contribution in [2.45, 2.75) is 26.2 Å². The van der Waals surface area contributed by atoms with Gasteiger partial charge in [-0.1, -0.05) is 51.1 Å². The second kappa shape index (κ2) is 8.62. The van der Waals surface area contributed by atoms with Crippen LogP contribution in [0.1, 0.15) is 47.1 Å². The van der Waals surface area contributed by atoms with E-state index in [1.807, 2.05) is 42.5 Å². The zero-order valence-electron chi connectivity index (χ0n) is 16.6. The first-order chi connectivity index (χ1) is 13.7. The number of anilines is 2. The molecule has 0 radical (unpaired) electrons. The highest BCUT2D eigenvalue weighted by atomic mass is 79.9. The van der Waals surface area contributed by atoms with Gasteiger partial charge in [-0.05, 0) is 69.4 Å². The van der Waals surface area contributed by atoms with Crippen LogP contribution in [0.3, 0.4) is 0 Å². The molecule has 0 aliphatic carbocycles. The quantitative estimate of drug-likeness (QED) is 0.493. The summed E-state index contributed by atoms with van der Waals surface area (Å²) in [6.45, 7) is 6.41. The summed E-state index contributed by atoms with van der Waals surface area (Å²) in [4.78, 5) is 24.8. The summed E-state index contributed by atoms with van der Waals surface area (Å²) in [5, 5.41) is 5.75. The lowest BCUT2D eigenvalue weighted by Gasteiger charge is -2.19. The van der Waals surface area contributed by atoms with E-state index in [0.29, 0.717) is 27.0 Å². The Balaban J connectivity index is 1.68. The van der Waals surface area contributed by atoms with E-state index in [2.05, 4.69) is 47.3 Å². The van der Waals surface area contributed by atoms with Crippen molar-refractivity contribution in [2.24, 2.45) is 0 Å². The molecule has 0 unspecified atom stereocenters. The molecule has 2 N–H and O–H groups in total. The maximum Gasteiger partial charge on any atom is 0.255 e. The van der Waals surface area contributed by atoms with E-state index in [1.165, 1.54) is 5.56 Å². The highest BCUT2D eigenvalue weighted by Crippen LogP contribution is 2.27. The average Bonchev–Trinajstić information content (AvgIpc) is 2.70. The van der Waals surface area contributed by atoms with E-state index >= 15 is 0 Å². The van der Waals surface area contributed by atoms with Crippen LogP contribution in [0.5, 0.6) is 0 Å². The highest BCUT2D eigenvalue weighted by molar-refractivity contribution is 9.10. The van der Waals surface area contributed by atoms with Crippen LogP contribution in [0, 0.1) is 0 Å². The lowest BCUT2D eigenvalue weighted by Crippen LogP contribution is -2.15. The van der Waals surface area contributed by atoms with Gasteiger partial charge in [0.05, 0.1) is 5.69 Å². The molecule has 29 heavy (non-hydrogen) atoms. The van der Waals surface area contributed by atoms with Gasteiger partial charge in [-0.15, -0.1) is 0 Å². The minimum Gasteiger partial charge on any atom is -0.322 e. The van der Waals surface area contributed by atoms with Gasteiger partial charge in [0.2, 0.25) is 0 Å². The lowest BCUT2D eigenvalue weighted by atomic mass is 9.87. The van der Waals surface area contributed by atoms with Crippen LogP contribution in [0.25, 0.3) is 0 Å². The van der Waals surface area contributed by atoms with E-state index in [-0.39, 0.29) is 17.2 Å². The van der Waals surface area contributed by atoms with Gasteiger partial charge in [-0.2, -0.15) is 0 Å². The van der Waals surface area contributed by atoms with Crippen molar-refractivity contribution in [3.8, 4) is 0 Å². The Morgan fingerprint density at radius 3 is 1.93 bits per heavy atom. The first-order valence-electron chi connectivity index (χ1n) is 9.32. The number of hydrogen-bond acceptors (Lipinski definition) is 2. The topological polar surface area (TPSA) is 58.2 Å². The molecule has 3 rings (SSSR count). The Labute approximate surface area is 179 Å². The number of amides is 2. The molecule has 2 amide bonds. The number of carbonyl (C=O) groups excluding carboxylic acids is 2. The SMILES string of the molecule is CC(C)(C)c1ccc(C(=O)Nc2ccc(NC(=O)c3ccccc3)c(Br)c2)cc1. The van der Waals surface area contributed by atoms with Crippen molar-refractivity contribution in [3.63, 3.8) is 0 Å². The fraction of sp³-hybridized carbons (Fsp3) is 0.167. The molecule has 0 aliphatic heterocycles. The van der Waals surface area contributed by atoms with Gasteiger partial charge in [-0.3, -0.25) is 9.59 Å². The van der Waals surface area contributed by atoms with Crippen LogP contribution in [-0.4, -0.2) is 11.8 Å². The Morgan fingerprint density at radius 2 is 1.34 bits per heavy atom. The molecule has 0 spiro atoms. The Morgan fingerprint density at radius 1 is 0.759 bits per heavy atom. The van der Waals surface area contributed by atoms with Gasteiger partial charge in [0, 0.05) is 21.3 Å². The van der Waals surface area contributed by atoms with Crippen LogP contribution < -0.4 is 10.6 Å². The molecule has 0 saturated carbocycles. The first-order valence-corrected chi connectivity index (χ1v) is 10.1. The third-order valence-electron chi connectivity index (χ3n) is 4.52. The van der Waals surface area contributed by atoms with Gasteiger partial charge < -0.3 is 10.6 Å². The second-order valence-electron chi connectivity index (χ2n) is 7.80. The fourth-order valence-corrected chi connectivity index (χ4v) is 3.28. The van der Waals surface area contributed by atoms with Crippen molar-refractivity contribution in [1.82, 2.24) is 0 Å². The van der Waals surface area contributed by atoms with Gasteiger partial charge in [0.25, 0.3) is 11.8 Å². The Kier molecular flexibility index (Phi) is 6.18. The minimum absolute atomic E-state index is 0.0416. The molecule has 0 atom stereocenters. The van der Waals surface area contributed by atoms with Crippen LogP contribution >= 0.6 is 15.9 Å². The number of halogens is 1. The van der Waals surface area contributed by atoms with Gasteiger partial charge in [0.1, 0.15) is 0 Å². The molecule has 0 heterocycles. The minimum atomic E-state index is -0.193. The predicted octanol–water partition coefficient (Wildman–Crippen LogP) is 6.25. The molecule has 148 valence electrons. The second-order valence-corrected chi connectivity index (χ2v) is 8.65. The third kappa shape index (κ3) is 5.33. The van der Waals surface area contributed by atoms with Crippen molar-refractivity contribution in [3.05, 3.63) is 94.0 Å². The molecule has 0 saturated heterocycles. The molecule has 3 aromatic carbocycles. The predicted molar refractivity (Wildman–Crippen MR) is 122 cm³/mol. The summed E-state index contributed by atoms with van der Waals surface area (Å²) in [6, 6.07) is 21.9. The van der Waals surface area contributed by atoms with E-state index < -0.39 is 0 Å². The summed E-state index contributed by atoms with van der Waals surface area (Å²) in [7, 11) is 0. The number of hydrogen-bond donors (Lipinski definition) is 2. The maximum atomic E-state index is 12.5. The number of benzene rings is 3. The smallest absolute Gasteiger partial charge is 0.255 e. The molecule has 5 heteroatoms. The van der Waals surface area contributed by atoms with Gasteiger partial charge in [-0.25, -0.2) is 0 Å². The number of carbonyl (C=O) groups is 2. The molecule has 0 fully saturated rings. The Hall–Kier alpha value is -2.92. The van der Waals surface area contributed by atoms with Crippen LogP contribution in [-0.2, 0) is 5.41 Å². The monoisotopic (exact) mass is 450 g/mol. The molecular weight excluding hydrogens is 428 g/mol.